The fraction of sp³-hybridized carbons (Fsp3) is 0.143. The molecule has 5 heteroatoms. The molecule has 3 aromatic carbocycles. The maximum atomic E-state index is 12.3. The maximum absolute atomic E-state index is 12.3. The molecule has 0 spiro atoms. The summed E-state index contributed by atoms with van der Waals surface area (Å²) in [6.07, 6.45) is -0.803. The van der Waals surface area contributed by atoms with Crippen molar-refractivity contribution in [2.45, 2.75) is 19.8 Å². The van der Waals surface area contributed by atoms with Gasteiger partial charge >= 0.3 is 11.4 Å². The zero-order chi connectivity index (χ0) is 18.2. The molecule has 2 unspecified atom stereocenters. The van der Waals surface area contributed by atoms with Gasteiger partial charge in [-0.15, -0.1) is 0 Å². The van der Waals surface area contributed by atoms with Gasteiger partial charge in [0.25, 0.3) is 0 Å². The molecule has 2 atom stereocenters. The largest absolute Gasteiger partial charge is 0.380 e. The van der Waals surface area contributed by atoms with Gasteiger partial charge in [-0.3, -0.25) is 0 Å². The second kappa shape index (κ2) is 9.29. The molecular weight excluding hydrogens is 348 g/mol. The predicted molar refractivity (Wildman–Crippen MR) is 101 cm³/mol. The first-order valence-electron chi connectivity index (χ1n) is 8.25. The van der Waals surface area contributed by atoms with Crippen molar-refractivity contribution in [3.8, 4) is 5.75 Å². The van der Waals surface area contributed by atoms with Crippen molar-refractivity contribution in [2.24, 2.45) is 0 Å². The SMILES string of the molecule is Cc1ccc(OS(=O)OC(OCc2ccccc2)c2ccccc2)cc1. The van der Waals surface area contributed by atoms with Gasteiger partial charge in [0.05, 0.1) is 6.61 Å². The van der Waals surface area contributed by atoms with Gasteiger partial charge in [0.15, 0.2) is 0 Å². The first kappa shape index (κ1) is 18.3. The molecule has 3 aromatic rings. The van der Waals surface area contributed by atoms with Crippen LogP contribution < -0.4 is 4.18 Å². The molecule has 0 aliphatic heterocycles. The van der Waals surface area contributed by atoms with Crippen molar-refractivity contribution in [3.05, 3.63) is 102 Å². The Labute approximate surface area is 156 Å². The van der Waals surface area contributed by atoms with Crippen LogP contribution in [0.15, 0.2) is 84.9 Å². The van der Waals surface area contributed by atoms with Crippen LogP contribution in [0.3, 0.4) is 0 Å². The summed E-state index contributed by atoms with van der Waals surface area (Å²) in [4.78, 5) is 0. The molecule has 0 radical (unpaired) electrons. The molecule has 0 heterocycles. The average molecular weight is 368 g/mol. The van der Waals surface area contributed by atoms with E-state index in [2.05, 4.69) is 0 Å². The molecule has 0 amide bonds. The Morgan fingerprint density at radius 2 is 1.46 bits per heavy atom. The highest BCUT2D eigenvalue weighted by Crippen LogP contribution is 2.23. The van der Waals surface area contributed by atoms with Crippen LogP contribution in [0, 0.1) is 6.92 Å². The maximum Gasteiger partial charge on any atom is 0.363 e. The molecule has 3 rings (SSSR count). The van der Waals surface area contributed by atoms with Gasteiger partial charge in [0, 0.05) is 5.56 Å². The molecular formula is C21H20O4S. The van der Waals surface area contributed by atoms with E-state index in [1.54, 1.807) is 12.1 Å². The highest BCUT2D eigenvalue weighted by molar-refractivity contribution is 7.75. The van der Waals surface area contributed by atoms with Crippen LogP contribution in [0.1, 0.15) is 23.0 Å². The number of rotatable bonds is 8. The number of hydrogen-bond donors (Lipinski definition) is 0. The summed E-state index contributed by atoms with van der Waals surface area (Å²) in [5.74, 6) is 0.476. The standard InChI is InChI=1S/C21H20O4S/c1-17-12-14-20(15-13-17)24-26(22)25-21(19-10-6-3-7-11-19)23-16-18-8-4-2-5-9-18/h2-15,21H,16H2,1H3. The van der Waals surface area contributed by atoms with E-state index in [-0.39, 0.29) is 0 Å². The van der Waals surface area contributed by atoms with E-state index in [4.69, 9.17) is 13.1 Å². The van der Waals surface area contributed by atoms with Crippen LogP contribution in [0.2, 0.25) is 0 Å². The summed E-state index contributed by atoms with van der Waals surface area (Å²) in [5, 5.41) is 0. The Morgan fingerprint density at radius 3 is 2.12 bits per heavy atom. The fourth-order valence-corrected chi connectivity index (χ4v) is 2.92. The van der Waals surface area contributed by atoms with Crippen LogP contribution in [-0.2, 0) is 26.9 Å². The Balaban J connectivity index is 1.66. The van der Waals surface area contributed by atoms with Crippen LogP contribution >= 0.6 is 0 Å². The minimum absolute atomic E-state index is 0.335. The van der Waals surface area contributed by atoms with Crippen molar-refractivity contribution in [3.63, 3.8) is 0 Å². The van der Waals surface area contributed by atoms with Gasteiger partial charge in [0.2, 0.25) is 6.29 Å². The third kappa shape index (κ3) is 5.52. The number of ether oxygens (including phenoxy) is 1. The molecule has 0 aliphatic carbocycles. The Morgan fingerprint density at radius 1 is 0.846 bits per heavy atom. The lowest BCUT2D eigenvalue weighted by Crippen LogP contribution is -2.14. The van der Waals surface area contributed by atoms with E-state index in [1.165, 1.54) is 0 Å². The van der Waals surface area contributed by atoms with E-state index in [0.717, 1.165) is 16.7 Å². The molecule has 0 saturated carbocycles. The van der Waals surface area contributed by atoms with Gasteiger partial charge in [-0.05, 0) is 24.6 Å². The fourth-order valence-electron chi connectivity index (χ4n) is 2.30. The summed E-state index contributed by atoms with van der Waals surface area (Å²) in [5.41, 5.74) is 2.86. The van der Waals surface area contributed by atoms with E-state index in [9.17, 15) is 4.21 Å². The summed E-state index contributed by atoms with van der Waals surface area (Å²) < 4.78 is 29.0. The van der Waals surface area contributed by atoms with Crippen molar-refractivity contribution in [1.29, 1.82) is 0 Å². The predicted octanol–water partition coefficient (Wildman–Crippen LogP) is 4.88. The first-order valence-corrected chi connectivity index (χ1v) is 9.25. The van der Waals surface area contributed by atoms with Crippen molar-refractivity contribution < 1.29 is 17.3 Å². The first-order chi connectivity index (χ1) is 12.7. The Kier molecular flexibility index (Phi) is 6.55. The van der Waals surface area contributed by atoms with Crippen molar-refractivity contribution in [2.75, 3.05) is 0 Å². The smallest absolute Gasteiger partial charge is 0.363 e. The van der Waals surface area contributed by atoms with Crippen LogP contribution in [0.4, 0.5) is 0 Å². The second-order valence-corrected chi connectivity index (χ2v) is 6.50. The Bertz CT molecular complexity index is 820. The topological polar surface area (TPSA) is 44.8 Å². The van der Waals surface area contributed by atoms with Crippen molar-refractivity contribution in [1.82, 2.24) is 0 Å². The van der Waals surface area contributed by atoms with Gasteiger partial charge < -0.3 is 8.92 Å². The molecule has 0 N–H and O–H groups in total. The monoisotopic (exact) mass is 368 g/mol. The molecule has 26 heavy (non-hydrogen) atoms. The lowest BCUT2D eigenvalue weighted by Gasteiger charge is -2.17. The summed E-state index contributed by atoms with van der Waals surface area (Å²) in [6, 6.07) is 26.4. The molecule has 0 aliphatic rings. The number of hydrogen-bond acceptors (Lipinski definition) is 4. The lowest BCUT2D eigenvalue weighted by molar-refractivity contribution is -0.0892. The van der Waals surface area contributed by atoms with E-state index in [0.29, 0.717) is 12.4 Å². The molecule has 0 fully saturated rings. The lowest BCUT2D eigenvalue weighted by atomic mass is 10.2. The number of aryl methyl sites for hydroxylation is 1. The molecule has 0 aromatic heterocycles. The third-order valence-corrected chi connectivity index (χ3v) is 4.33. The zero-order valence-corrected chi connectivity index (χ0v) is 15.2. The minimum Gasteiger partial charge on any atom is -0.380 e. The third-order valence-electron chi connectivity index (χ3n) is 3.67. The van der Waals surface area contributed by atoms with E-state index >= 15 is 0 Å². The minimum atomic E-state index is -1.99. The second-order valence-electron chi connectivity index (χ2n) is 5.74. The Hall–Kier alpha value is -2.47. The number of benzene rings is 3. The van der Waals surface area contributed by atoms with Crippen molar-refractivity contribution >= 4 is 11.4 Å². The molecule has 0 bridgehead atoms. The van der Waals surface area contributed by atoms with E-state index < -0.39 is 17.7 Å². The molecule has 134 valence electrons. The van der Waals surface area contributed by atoms with Gasteiger partial charge in [0.1, 0.15) is 5.75 Å². The van der Waals surface area contributed by atoms with Gasteiger partial charge in [-0.2, -0.15) is 4.21 Å². The summed E-state index contributed by atoms with van der Waals surface area (Å²) >= 11 is -1.99. The summed E-state index contributed by atoms with van der Waals surface area (Å²) in [7, 11) is 0. The van der Waals surface area contributed by atoms with Crippen LogP contribution in [0.25, 0.3) is 0 Å². The van der Waals surface area contributed by atoms with E-state index in [1.807, 2.05) is 79.7 Å². The van der Waals surface area contributed by atoms with Crippen LogP contribution in [-0.4, -0.2) is 4.21 Å². The highest BCUT2D eigenvalue weighted by Gasteiger charge is 2.18. The van der Waals surface area contributed by atoms with Gasteiger partial charge in [-0.25, -0.2) is 4.18 Å². The normalized spacial score (nSPS) is 13.1. The molecule has 0 saturated heterocycles. The zero-order valence-electron chi connectivity index (χ0n) is 14.4. The van der Waals surface area contributed by atoms with Crippen LogP contribution in [0.5, 0.6) is 5.75 Å². The highest BCUT2D eigenvalue weighted by atomic mass is 32.2. The quantitative estimate of drug-likeness (QED) is 0.531. The van der Waals surface area contributed by atoms with Gasteiger partial charge in [-0.1, -0.05) is 78.4 Å². The summed E-state index contributed by atoms with van der Waals surface area (Å²) in [6.45, 7) is 2.31. The average Bonchev–Trinajstić information content (AvgIpc) is 2.68. The molecule has 4 nitrogen and oxygen atoms in total.